The highest BCUT2D eigenvalue weighted by atomic mass is 16.5. The average molecular weight is 451 g/mol. The van der Waals surface area contributed by atoms with Crippen LogP contribution in [0.5, 0.6) is 0 Å². The van der Waals surface area contributed by atoms with Crippen molar-refractivity contribution in [2.45, 2.75) is 57.0 Å². The summed E-state index contributed by atoms with van der Waals surface area (Å²) in [6, 6.07) is 15.2. The van der Waals surface area contributed by atoms with E-state index in [1.54, 1.807) is 4.90 Å². The lowest BCUT2D eigenvalue weighted by molar-refractivity contribution is -0.140. The molecule has 1 aliphatic heterocycles. The van der Waals surface area contributed by atoms with Gasteiger partial charge in [0.2, 0.25) is 5.91 Å². The van der Waals surface area contributed by atoms with E-state index < -0.39 is 18.1 Å². The Hall–Kier alpha value is -3.35. The van der Waals surface area contributed by atoms with Crippen LogP contribution in [0.25, 0.3) is 11.1 Å². The zero-order valence-electron chi connectivity index (χ0n) is 18.8. The van der Waals surface area contributed by atoms with Gasteiger partial charge in [-0.25, -0.2) is 4.79 Å². The van der Waals surface area contributed by atoms with Gasteiger partial charge in [-0.1, -0.05) is 61.9 Å². The Kier molecular flexibility index (Phi) is 6.96. The van der Waals surface area contributed by atoms with E-state index in [2.05, 4.69) is 29.6 Å². The number of carbonyl (C=O) groups excluding carboxylic acids is 2. The van der Waals surface area contributed by atoms with Gasteiger partial charge in [-0.2, -0.15) is 0 Å². The Morgan fingerprint density at radius 2 is 1.73 bits per heavy atom. The van der Waals surface area contributed by atoms with Gasteiger partial charge in [0.05, 0.1) is 6.42 Å². The number of aliphatic carboxylic acids is 1. The number of likely N-dealkylation sites (tertiary alicyclic amines) is 1. The number of hydrogen-bond donors (Lipinski definition) is 2. The Bertz CT molecular complexity index is 991. The second-order valence-electron chi connectivity index (χ2n) is 8.74. The molecular weight excluding hydrogens is 420 g/mol. The molecule has 2 aromatic rings. The summed E-state index contributed by atoms with van der Waals surface area (Å²) in [4.78, 5) is 38.6. The minimum Gasteiger partial charge on any atom is -0.481 e. The summed E-state index contributed by atoms with van der Waals surface area (Å²) in [5.41, 5.74) is 4.56. The molecule has 33 heavy (non-hydrogen) atoms. The lowest BCUT2D eigenvalue weighted by atomic mass is 9.98. The molecule has 7 nitrogen and oxygen atoms in total. The molecule has 1 heterocycles. The van der Waals surface area contributed by atoms with E-state index in [4.69, 9.17) is 9.84 Å². The summed E-state index contributed by atoms with van der Waals surface area (Å²) in [5, 5.41) is 11.9. The van der Waals surface area contributed by atoms with Crippen LogP contribution in [-0.2, 0) is 14.3 Å². The molecule has 1 saturated heterocycles. The number of nitrogens with zero attached hydrogens (tertiary/aromatic N) is 1. The van der Waals surface area contributed by atoms with Crippen molar-refractivity contribution in [2.75, 3.05) is 13.2 Å². The molecule has 2 N–H and O–H groups in total. The Morgan fingerprint density at radius 3 is 2.33 bits per heavy atom. The lowest BCUT2D eigenvalue weighted by Gasteiger charge is -2.28. The first-order valence-corrected chi connectivity index (χ1v) is 11.6. The van der Waals surface area contributed by atoms with Crippen LogP contribution in [-0.4, -0.2) is 53.2 Å². The molecule has 1 fully saturated rings. The topological polar surface area (TPSA) is 95.9 Å². The van der Waals surface area contributed by atoms with Crippen LogP contribution in [0.1, 0.15) is 56.1 Å². The summed E-state index contributed by atoms with van der Waals surface area (Å²) >= 11 is 0. The van der Waals surface area contributed by atoms with Crippen LogP contribution >= 0.6 is 0 Å². The number of rotatable bonds is 8. The summed E-state index contributed by atoms with van der Waals surface area (Å²) < 4.78 is 5.61. The van der Waals surface area contributed by atoms with Gasteiger partial charge in [-0.3, -0.25) is 9.59 Å². The molecule has 0 radical (unpaired) electrons. The molecular formula is C26H30N2O5. The van der Waals surface area contributed by atoms with Gasteiger partial charge in [-0.05, 0) is 41.5 Å². The quantitative estimate of drug-likeness (QED) is 0.630. The molecule has 174 valence electrons. The van der Waals surface area contributed by atoms with Crippen LogP contribution in [0.2, 0.25) is 0 Å². The van der Waals surface area contributed by atoms with Crippen molar-refractivity contribution >= 4 is 18.0 Å². The third kappa shape index (κ3) is 4.87. The summed E-state index contributed by atoms with van der Waals surface area (Å²) in [6.07, 6.45) is 1.92. The van der Waals surface area contributed by atoms with Crippen molar-refractivity contribution in [1.29, 1.82) is 0 Å². The normalized spacial score (nSPS) is 17.8. The zero-order valence-corrected chi connectivity index (χ0v) is 18.8. The van der Waals surface area contributed by atoms with E-state index in [9.17, 15) is 14.4 Å². The third-order valence-electron chi connectivity index (χ3n) is 6.58. The minimum absolute atomic E-state index is 0.0537. The number of carboxylic acids is 1. The van der Waals surface area contributed by atoms with Gasteiger partial charge >= 0.3 is 12.1 Å². The summed E-state index contributed by atoms with van der Waals surface area (Å²) in [7, 11) is 0. The first-order chi connectivity index (χ1) is 16.0. The highest BCUT2D eigenvalue weighted by molar-refractivity contribution is 5.86. The Balaban J connectivity index is 1.41. The summed E-state index contributed by atoms with van der Waals surface area (Å²) in [5.74, 6) is -1.20. The SMILES string of the molecule is CCC[C@@H](NC(=O)OCC1c2ccccc2-c2ccccc21)C(=O)N1CCCC1CC(=O)O. The van der Waals surface area contributed by atoms with Gasteiger partial charge in [0.25, 0.3) is 0 Å². The van der Waals surface area contributed by atoms with E-state index in [1.807, 2.05) is 31.2 Å². The number of fused-ring (bicyclic) bond motifs is 3. The van der Waals surface area contributed by atoms with Gasteiger partial charge in [0.1, 0.15) is 12.6 Å². The molecule has 2 aliphatic rings. The number of hydrogen-bond acceptors (Lipinski definition) is 4. The standard InChI is InChI=1S/C26H30N2O5/c1-2-8-23(25(31)28-14-7-9-17(28)15-24(29)30)27-26(32)33-16-22-20-12-5-3-10-18(20)19-11-4-6-13-21(19)22/h3-6,10-13,17,22-23H,2,7-9,14-16H2,1H3,(H,27,32)(H,29,30)/t17?,23-/m1/s1. The van der Waals surface area contributed by atoms with Crippen molar-refractivity contribution in [1.82, 2.24) is 10.2 Å². The lowest BCUT2D eigenvalue weighted by Crippen LogP contribution is -2.50. The maximum atomic E-state index is 13.1. The highest BCUT2D eigenvalue weighted by Crippen LogP contribution is 2.44. The van der Waals surface area contributed by atoms with Crippen molar-refractivity contribution in [3.05, 3.63) is 59.7 Å². The molecule has 2 atom stereocenters. The van der Waals surface area contributed by atoms with E-state index in [-0.39, 0.29) is 30.9 Å². The fourth-order valence-electron chi connectivity index (χ4n) is 5.07. The molecule has 1 aliphatic carbocycles. The van der Waals surface area contributed by atoms with Crippen molar-refractivity contribution in [3.8, 4) is 11.1 Å². The van der Waals surface area contributed by atoms with Gasteiger partial charge in [0, 0.05) is 18.5 Å². The molecule has 0 bridgehead atoms. The number of ether oxygens (including phenoxy) is 1. The number of alkyl carbamates (subject to hydrolysis) is 1. The van der Waals surface area contributed by atoms with Crippen molar-refractivity contribution in [3.63, 3.8) is 0 Å². The summed E-state index contributed by atoms with van der Waals surface area (Å²) in [6.45, 7) is 2.64. The van der Waals surface area contributed by atoms with Crippen molar-refractivity contribution in [2.24, 2.45) is 0 Å². The zero-order chi connectivity index (χ0) is 23.4. The molecule has 1 unspecified atom stereocenters. The predicted octanol–water partition coefficient (Wildman–Crippen LogP) is 4.16. The van der Waals surface area contributed by atoms with Crippen LogP contribution in [0, 0.1) is 0 Å². The number of benzene rings is 2. The van der Waals surface area contributed by atoms with Crippen LogP contribution < -0.4 is 5.32 Å². The average Bonchev–Trinajstić information content (AvgIpc) is 3.39. The number of nitrogens with one attached hydrogen (secondary N) is 1. The number of amides is 2. The molecule has 0 spiro atoms. The maximum Gasteiger partial charge on any atom is 0.407 e. The van der Waals surface area contributed by atoms with E-state index in [1.165, 1.54) is 0 Å². The van der Waals surface area contributed by atoms with E-state index in [0.717, 1.165) is 28.7 Å². The Labute approximate surface area is 193 Å². The van der Waals surface area contributed by atoms with Crippen LogP contribution in [0.4, 0.5) is 4.79 Å². The first-order valence-electron chi connectivity index (χ1n) is 11.6. The fraction of sp³-hybridized carbons (Fsp3) is 0.423. The third-order valence-corrected chi connectivity index (χ3v) is 6.58. The van der Waals surface area contributed by atoms with Crippen LogP contribution in [0.3, 0.4) is 0 Å². The van der Waals surface area contributed by atoms with Gasteiger partial charge < -0.3 is 20.1 Å². The second kappa shape index (κ2) is 10.1. The number of carboxylic acid groups (broad SMARTS) is 1. The monoisotopic (exact) mass is 450 g/mol. The van der Waals surface area contributed by atoms with E-state index in [0.29, 0.717) is 25.8 Å². The molecule has 0 aromatic heterocycles. The van der Waals surface area contributed by atoms with Gasteiger partial charge in [0.15, 0.2) is 0 Å². The minimum atomic E-state index is -0.920. The number of carbonyl (C=O) groups is 3. The molecule has 7 heteroatoms. The molecule has 2 aromatic carbocycles. The second-order valence-corrected chi connectivity index (χ2v) is 8.74. The molecule has 2 amide bonds. The maximum absolute atomic E-state index is 13.1. The first kappa shape index (κ1) is 22.8. The predicted molar refractivity (Wildman–Crippen MR) is 124 cm³/mol. The molecule has 0 saturated carbocycles. The van der Waals surface area contributed by atoms with Crippen LogP contribution in [0.15, 0.2) is 48.5 Å². The fourth-order valence-corrected chi connectivity index (χ4v) is 5.07. The largest absolute Gasteiger partial charge is 0.481 e. The Morgan fingerprint density at radius 1 is 1.09 bits per heavy atom. The highest BCUT2D eigenvalue weighted by Gasteiger charge is 2.35. The van der Waals surface area contributed by atoms with Gasteiger partial charge in [-0.15, -0.1) is 0 Å². The van der Waals surface area contributed by atoms with Crippen molar-refractivity contribution < 1.29 is 24.2 Å². The molecule has 4 rings (SSSR count). The van der Waals surface area contributed by atoms with E-state index >= 15 is 0 Å². The smallest absolute Gasteiger partial charge is 0.407 e.